The number of hydrogen-bond donors (Lipinski definition) is 1. The maximum absolute atomic E-state index is 6.09. The molecule has 0 aromatic carbocycles. The highest BCUT2D eigenvalue weighted by atomic mass is 16.5. The summed E-state index contributed by atoms with van der Waals surface area (Å²) in [6.45, 7) is 7.02. The van der Waals surface area contributed by atoms with Crippen molar-refractivity contribution in [2.45, 2.75) is 32.8 Å². The van der Waals surface area contributed by atoms with Gasteiger partial charge in [0.25, 0.3) is 0 Å². The van der Waals surface area contributed by atoms with Crippen LogP contribution in [0.5, 0.6) is 5.88 Å². The van der Waals surface area contributed by atoms with Crippen LogP contribution in [0.25, 0.3) is 0 Å². The predicted molar refractivity (Wildman–Crippen MR) is 74.5 cm³/mol. The minimum atomic E-state index is 0.268. The molecule has 1 aliphatic heterocycles. The summed E-state index contributed by atoms with van der Waals surface area (Å²) in [4.78, 5) is 10.5. The Hall–Kier alpha value is -1.56. The molecule has 106 valence electrons. The second kappa shape index (κ2) is 6.56. The summed E-state index contributed by atoms with van der Waals surface area (Å²) in [5.41, 5.74) is 6.59. The van der Waals surface area contributed by atoms with Gasteiger partial charge < -0.3 is 20.1 Å². The van der Waals surface area contributed by atoms with Crippen LogP contribution in [-0.2, 0) is 4.74 Å². The van der Waals surface area contributed by atoms with Gasteiger partial charge in [0.1, 0.15) is 12.0 Å². The van der Waals surface area contributed by atoms with E-state index in [-0.39, 0.29) is 6.10 Å². The Morgan fingerprint density at radius 1 is 1.47 bits per heavy atom. The van der Waals surface area contributed by atoms with E-state index in [0.717, 1.165) is 38.4 Å². The lowest BCUT2D eigenvalue weighted by molar-refractivity contribution is 0.115. The van der Waals surface area contributed by atoms with Gasteiger partial charge in [-0.05, 0) is 26.7 Å². The third-order valence-corrected chi connectivity index (χ3v) is 3.24. The van der Waals surface area contributed by atoms with Crippen LogP contribution in [0.3, 0.4) is 0 Å². The lowest BCUT2D eigenvalue weighted by atomic mass is 10.2. The Morgan fingerprint density at radius 3 is 2.95 bits per heavy atom. The fourth-order valence-corrected chi connectivity index (χ4v) is 2.27. The van der Waals surface area contributed by atoms with Crippen molar-refractivity contribution in [3.8, 4) is 5.88 Å². The average molecular weight is 266 g/mol. The third-order valence-electron chi connectivity index (χ3n) is 3.24. The minimum Gasteiger partial charge on any atom is -0.476 e. The Balaban J connectivity index is 2.14. The molecule has 1 aromatic heterocycles. The van der Waals surface area contributed by atoms with E-state index in [0.29, 0.717) is 18.2 Å². The molecule has 6 nitrogen and oxygen atoms in total. The molecule has 1 aromatic rings. The molecule has 0 aliphatic carbocycles. The molecule has 0 spiro atoms. The number of ether oxygens (including phenoxy) is 2. The van der Waals surface area contributed by atoms with Gasteiger partial charge >= 0.3 is 0 Å². The first-order valence-corrected chi connectivity index (χ1v) is 6.86. The van der Waals surface area contributed by atoms with Crippen LogP contribution in [0.2, 0.25) is 0 Å². The molecule has 19 heavy (non-hydrogen) atoms. The first-order valence-electron chi connectivity index (χ1n) is 6.86. The second-order valence-corrected chi connectivity index (χ2v) is 4.52. The largest absolute Gasteiger partial charge is 0.476 e. The van der Waals surface area contributed by atoms with Crippen molar-refractivity contribution in [2.75, 3.05) is 36.9 Å². The summed E-state index contributed by atoms with van der Waals surface area (Å²) in [5, 5.41) is 0. The van der Waals surface area contributed by atoms with E-state index in [1.54, 1.807) is 0 Å². The van der Waals surface area contributed by atoms with Crippen molar-refractivity contribution in [3.05, 3.63) is 6.33 Å². The van der Waals surface area contributed by atoms with Crippen LogP contribution in [0.1, 0.15) is 26.7 Å². The molecule has 6 heteroatoms. The number of aromatic nitrogens is 2. The summed E-state index contributed by atoms with van der Waals surface area (Å²) in [6.07, 6.45) is 3.99. The number of nitrogen functional groups attached to an aromatic ring is 1. The highest BCUT2D eigenvalue weighted by Crippen LogP contribution is 2.28. The lowest BCUT2D eigenvalue weighted by Gasteiger charge is -2.26. The second-order valence-electron chi connectivity index (χ2n) is 4.52. The molecule has 1 atom stereocenters. The number of likely N-dealkylation sites (N-methyl/N-ethyl adjacent to an activating group) is 1. The molecule has 1 fully saturated rings. The molecule has 0 saturated carbocycles. The first kappa shape index (κ1) is 13.9. The summed E-state index contributed by atoms with van der Waals surface area (Å²) >= 11 is 0. The van der Waals surface area contributed by atoms with Gasteiger partial charge in [-0.1, -0.05) is 0 Å². The smallest absolute Gasteiger partial charge is 0.242 e. The predicted octanol–water partition coefficient (Wildman–Crippen LogP) is 1.46. The summed E-state index contributed by atoms with van der Waals surface area (Å²) in [5.74, 6) is 1.19. The molecule has 1 unspecified atom stereocenters. The number of nitrogens with zero attached hydrogens (tertiary/aromatic N) is 3. The van der Waals surface area contributed by atoms with Gasteiger partial charge in [0.15, 0.2) is 5.82 Å². The van der Waals surface area contributed by atoms with Crippen molar-refractivity contribution >= 4 is 11.5 Å². The maximum Gasteiger partial charge on any atom is 0.242 e. The van der Waals surface area contributed by atoms with E-state index in [9.17, 15) is 0 Å². The van der Waals surface area contributed by atoms with Crippen LogP contribution in [0.15, 0.2) is 6.33 Å². The quantitative estimate of drug-likeness (QED) is 0.840. The van der Waals surface area contributed by atoms with Gasteiger partial charge in [0.2, 0.25) is 5.88 Å². The van der Waals surface area contributed by atoms with Crippen molar-refractivity contribution in [1.82, 2.24) is 9.97 Å². The molecular formula is C13H22N4O2. The van der Waals surface area contributed by atoms with Gasteiger partial charge in [-0.15, -0.1) is 0 Å². The molecule has 0 bridgehead atoms. The van der Waals surface area contributed by atoms with E-state index >= 15 is 0 Å². The Kier molecular flexibility index (Phi) is 4.79. The van der Waals surface area contributed by atoms with Crippen molar-refractivity contribution in [1.29, 1.82) is 0 Å². The lowest BCUT2D eigenvalue weighted by Crippen LogP contribution is -2.33. The topological polar surface area (TPSA) is 73.5 Å². The summed E-state index contributed by atoms with van der Waals surface area (Å²) < 4.78 is 11.1. The van der Waals surface area contributed by atoms with Crippen molar-refractivity contribution in [3.63, 3.8) is 0 Å². The minimum absolute atomic E-state index is 0.268. The SMILES string of the molecule is CCOc1ncnc(N(CC)CC2CCCO2)c1N. The van der Waals surface area contributed by atoms with E-state index in [1.807, 2.05) is 6.92 Å². The Labute approximate surface area is 113 Å². The van der Waals surface area contributed by atoms with Gasteiger partial charge in [-0.2, -0.15) is 4.98 Å². The fourth-order valence-electron chi connectivity index (χ4n) is 2.27. The van der Waals surface area contributed by atoms with E-state index in [4.69, 9.17) is 15.2 Å². The van der Waals surface area contributed by atoms with E-state index in [1.165, 1.54) is 6.33 Å². The molecule has 1 saturated heterocycles. The van der Waals surface area contributed by atoms with Gasteiger partial charge in [0.05, 0.1) is 12.7 Å². The van der Waals surface area contributed by atoms with E-state index < -0.39 is 0 Å². The molecular weight excluding hydrogens is 244 g/mol. The third kappa shape index (κ3) is 3.26. The van der Waals surface area contributed by atoms with Crippen LogP contribution >= 0.6 is 0 Å². The molecule has 2 N–H and O–H groups in total. The Morgan fingerprint density at radius 2 is 2.32 bits per heavy atom. The van der Waals surface area contributed by atoms with Crippen LogP contribution in [0.4, 0.5) is 11.5 Å². The van der Waals surface area contributed by atoms with E-state index in [2.05, 4.69) is 21.8 Å². The number of rotatable bonds is 6. The van der Waals surface area contributed by atoms with Gasteiger partial charge in [-0.25, -0.2) is 4.98 Å². The van der Waals surface area contributed by atoms with Gasteiger partial charge in [-0.3, -0.25) is 0 Å². The fraction of sp³-hybridized carbons (Fsp3) is 0.692. The normalized spacial score (nSPS) is 18.5. The van der Waals surface area contributed by atoms with Gasteiger partial charge in [0, 0.05) is 19.7 Å². The average Bonchev–Trinajstić information content (AvgIpc) is 2.92. The summed E-state index contributed by atoms with van der Waals surface area (Å²) in [7, 11) is 0. The number of nitrogens with two attached hydrogens (primary N) is 1. The molecule has 1 aliphatic rings. The van der Waals surface area contributed by atoms with Crippen molar-refractivity contribution in [2.24, 2.45) is 0 Å². The molecule has 0 radical (unpaired) electrons. The van der Waals surface area contributed by atoms with Crippen molar-refractivity contribution < 1.29 is 9.47 Å². The molecule has 2 rings (SSSR count). The highest BCUT2D eigenvalue weighted by Gasteiger charge is 2.21. The van der Waals surface area contributed by atoms with Crippen LogP contribution < -0.4 is 15.4 Å². The first-order chi connectivity index (χ1) is 9.26. The Bertz CT molecular complexity index is 408. The number of hydrogen-bond acceptors (Lipinski definition) is 6. The maximum atomic E-state index is 6.09. The zero-order valence-electron chi connectivity index (χ0n) is 11.6. The monoisotopic (exact) mass is 266 g/mol. The zero-order chi connectivity index (χ0) is 13.7. The summed E-state index contributed by atoms with van der Waals surface area (Å²) in [6, 6.07) is 0. The van der Waals surface area contributed by atoms with Crippen LogP contribution in [0, 0.1) is 0 Å². The number of anilines is 2. The standard InChI is InChI=1S/C13H22N4O2/c1-3-17(8-10-6-5-7-19-10)12-11(14)13(18-4-2)16-9-15-12/h9-10H,3-8,14H2,1-2H3. The van der Waals surface area contributed by atoms with Crippen LogP contribution in [-0.4, -0.2) is 42.4 Å². The zero-order valence-corrected chi connectivity index (χ0v) is 11.6. The highest BCUT2D eigenvalue weighted by molar-refractivity contribution is 5.67. The molecule has 0 amide bonds. The molecule has 2 heterocycles.